The molecule has 1 N–H and O–H groups in total. The highest BCUT2D eigenvalue weighted by molar-refractivity contribution is 8.09. The number of nitro benzene ring substituents is 1. The van der Waals surface area contributed by atoms with Gasteiger partial charge in [0, 0.05) is 6.07 Å². The van der Waals surface area contributed by atoms with Gasteiger partial charge in [-0.3, -0.25) is 10.1 Å². The SMILES string of the molecule is Cc1ccccc1S(=O)(=O)NSc1ccccc1[N+](=O)[O-]. The fourth-order valence-corrected chi connectivity index (χ4v) is 4.00. The van der Waals surface area contributed by atoms with E-state index in [9.17, 15) is 18.5 Å². The lowest BCUT2D eigenvalue weighted by Gasteiger charge is -2.08. The second-order valence-electron chi connectivity index (χ2n) is 4.18. The molecule has 0 saturated carbocycles. The first kappa shape index (κ1) is 15.5. The minimum absolute atomic E-state index is 0.144. The van der Waals surface area contributed by atoms with Crippen LogP contribution in [-0.2, 0) is 10.0 Å². The molecular formula is C13H12N2O4S2. The molecule has 0 unspecified atom stereocenters. The van der Waals surface area contributed by atoms with Gasteiger partial charge in [0.1, 0.15) is 4.90 Å². The van der Waals surface area contributed by atoms with Gasteiger partial charge in [0.05, 0.1) is 9.82 Å². The molecule has 0 saturated heterocycles. The van der Waals surface area contributed by atoms with Gasteiger partial charge in [0.15, 0.2) is 0 Å². The molecule has 6 nitrogen and oxygen atoms in total. The average molecular weight is 324 g/mol. The molecule has 8 heteroatoms. The van der Waals surface area contributed by atoms with Gasteiger partial charge in [0.25, 0.3) is 5.69 Å². The lowest BCUT2D eigenvalue weighted by molar-refractivity contribution is -0.387. The summed E-state index contributed by atoms with van der Waals surface area (Å²) < 4.78 is 26.7. The van der Waals surface area contributed by atoms with Crippen molar-refractivity contribution < 1.29 is 13.3 Å². The minimum Gasteiger partial charge on any atom is -0.258 e. The average Bonchev–Trinajstić information content (AvgIpc) is 2.45. The summed E-state index contributed by atoms with van der Waals surface area (Å²) in [5, 5.41) is 10.9. The van der Waals surface area contributed by atoms with E-state index < -0.39 is 14.9 Å². The fraction of sp³-hybridized carbons (Fsp3) is 0.0769. The number of rotatable bonds is 5. The van der Waals surface area contributed by atoms with E-state index in [1.54, 1.807) is 31.2 Å². The Bertz CT molecular complexity index is 775. The molecule has 2 rings (SSSR count). The van der Waals surface area contributed by atoms with Crippen molar-refractivity contribution in [2.45, 2.75) is 16.7 Å². The Kier molecular flexibility index (Phi) is 4.61. The lowest BCUT2D eigenvalue weighted by Crippen LogP contribution is -2.17. The van der Waals surface area contributed by atoms with Crippen molar-refractivity contribution in [3.8, 4) is 0 Å². The fourth-order valence-electron chi connectivity index (χ4n) is 1.70. The van der Waals surface area contributed by atoms with Crippen LogP contribution in [0.4, 0.5) is 5.69 Å². The molecule has 0 heterocycles. The molecule has 110 valence electrons. The molecule has 0 spiro atoms. The van der Waals surface area contributed by atoms with Crippen LogP contribution in [0.1, 0.15) is 5.56 Å². The van der Waals surface area contributed by atoms with E-state index in [1.165, 1.54) is 24.3 Å². The van der Waals surface area contributed by atoms with Gasteiger partial charge in [-0.15, -0.1) is 4.13 Å². The monoisotopic (exact) mass is 324 g/mol. The molecule has 0 atom stereocenters. The van der Waals surface area contributed by atoms with Crippen molar-refractivity contribution in [1.29, 1.82) is 0 Å². The van der Waals surface area contributed by atoms with Crippen molar-refractivity contribution in [2.75, 3.05) is 0 Å². The topological polar surface area (TPSA) is 89.3 Å². The van der Waals surface area contributed by atoms with Crippen molar-refractivity contribution in [3.05, 3.63) is 64.2 Å². The summed E-state index contributed by atoms with van der Waals surface area (Å²) in [6.07, 6.45) is 0. The number of benzene rings is 2. The maximum Gasteiger partial charge on any atom is 0.284 e. The highest BCUT2D eigenvalue weighted by Gasteiger charge is 2.19. The Morgan fingerprint density at radius 2 is 1.71 bits per heavy atom. The van der Waals surface area contributed by atoms with Crippen LogP contribution < -0.4 is 4.13 Å². The Hall–Kier alpha value is -1.90. The standard InChI is InChI=1S/C13H12N2O4S2/c1-10-6-2-5-9-13(10)21(18,19)14-20-12-8-4-3-7-11(12)15(16)17/h2-9,14H,1H3. The quantitative estimate of drug-likeness (QED) is 0.519. The van der Waals surface area contributed by atoms with Crippen LogP contribution in [0, 0.1) is 17.0 Å². The van der Waals surface area contributed by atoms with Crippen LogP contribution >= 0.6 is 11.9 Å². The number of hydrogen-bond donors (Lipinski definition) is 1. The molecule has 2 aromatic rings. The lowest BCUT2D eigenvalue weighted by atomic mass is 10.2. The molecule has 0 radical (unpaired) electrons. The number of nitrogens with one attached hydrogen (secondary N) is 1. The smallest absolute Gasteiger partial charge is 0.258 e. The summed E-state index contributed by atoms with van der Waals surface area (Å²) in [7, 11) is -3.74. The Labute approximate surface area is 126 Å². The zero-order chi connectivity index (χ0) is 15.5. The van der Waals surface area contributed by atoms with Crippen LogP contribution in [0.5, 0.6) is 0 Å². The number of sulfonamides is 1. The second-order valence-corrected chi connectivity index (χ2v) is 6.94. The van der Waals surface area contributed by atoms with Crippen LogP contribution in [0.3, 0.4) is 0 Å². The Balaban J connectivity index is 2.24. The van der Waals surface area contributed by atoms with Crippen molar-refractivity contribution in [1.82, 2.24) is 4.13 Å². The van der Waals surface area contributed by atoms with E-state index in [2.05, 4.69) is 4.13 Å². The summed E-state index contributed by atoms with van der Waals surface area (Å²) >= 11 is 0.706. The maximum atomic E-state index is 12.2. The normalized spacial score (nSPS) is 11.3. The summed E-state index contributed by atoms with van der Waals surface area (Å²) in [5.74, 6) is 0. The molecule has 21 heavy (non-hydrogen) atoms. The van der Waals surface area contributed by atoms with Crippen LogP contribution in [0.2, 0.25) is 0 Å². The maximum absolute atomic E-state index is 12.2. The summed E-state index contributed by atoms with van der Waals surface area (Å²) in [5.41, 5.74) is 0.461. The molecule has 0 aromatic heterocycles. The van der Waals surface area contributed by atoms with Gasteiger partial charge < -0.3 is 0 Å². The zero-order valence-corrected chi connectivity index (χ0v) is 12.6. The Morgan fingerprint density at radius 1 is 1.10 bits per heavy atom. The van der Waals surface area contributed by atoms with Crippen LogP contribution in [-0.4, -0.2) is 13.3 Å². The molecule has 0 bridgehead atoms. The van der Waals surface area contributed by atoms with E-state index in [-0.39, 0.29) is 15.5 Å². The largest absolute Gasteiger partial charge is 0.284 e. The van der Waals surface area contributed by atoms with Crippen LogP contribution in [0.15, 0.2) is 58.3 Å². The molecule has 0 aliphatic carbocycles. The van der Waals surface area contributed by atoms with E-state index in [1.807, 2.05) is 0 Å². The van der Waals surface area contributed by atoms with Crippen molar-refractivity contribution in [3.63, 3.8) is 0 Å². The number of hydrogen-bond acceptors (Lipinski definition) is 5. The van der Waals surface area contributed by atoms with Gasteiger partial charge in [-0.1, -0.05) is 30.3 Å². The molecular weight excluding hydrogens is 312 g/mol. The first-order valence-electron chi connectivity index (χ1n) is 5.89. The van der Waals surface area contributed by atoms with E-state index >= 15 is 0 Å². The van der Waals surface area contributed by atoms with Gasteiger partial charge in [-0.2, -0.15) is 0 Å². The predicted octanol–water partition coefficient (Wildman–Crippen LogP) is 2.89. The second kappa shape index (κ2) is 6.25. The summed E-state index contributed by atoms with van der Waals surface area (Å²) in [6.45, 7) is 1.68. The number of nitrogens with zero attached hydrogens (tertiary/aromatic N) is 1. The molecule has 2 aromatic carbocycles. The third-order valence-corrected chi connectivity index (χ3v) is 5.52. The van der Waals surface area contributed by atoms with Crippen molar-refractivity contribution >= 4 is 27.7 Å². The van der Waals surface area contributed by atoms with Gasteiger partial charge >= 0.3 is 0 Å². The summed E-state index contributed by atoms with van der Waals surface area (Å²) in [4.78, 5) is 10.7. The van der Waals surface area contributed by atoms with Crippen LogP contribution in [0.25, 0.3) is 0 Å². The Morgan fingerprint density at radius 3 is 2.38 bits per heavy atom. The minimum atomic E-state index is -3.74. The molecule has 0 fully saturated rings. The zero-order valence-electron chi connectivity index (χ0n) is 11.0. The van der Waals surface area contributed by atoms with E-state index in [0.29, 0.717) is 17.5 Å². The molecule has 0 amide bonds. The third kappa shape index (κ3) is 3.60. The third-order valence-electron chi connectivity index (χ3n) is 2.71. The van der Waals surface area contributed by atoms with E-state index in [0.717, 1.165) is 0 Å². The number of para-hydroxylation sites is 1. The van der Waals surface area contributed by atoms with Crippen molar-refractivity contribution in [2.24, 2.45) is 0 Å². The number of nitro groups is 1. The molecule has 0 aliphatic heterocycles. The first-order chi connectivity index (χ1) is 9.92. The first-order valence-corrected chi connectivity index (χ1v) is 8.19. The van der Waals surface area contributed by atoms with E-state index in [4.69, 9.17) is 0 Å². The van der Waals surface area contributed by atoms with Gasteiger partial charge in [-0.05, 0) is 36.6 Å². The molecule has 0 aliphatic rings. The highest BCUT2D eigenvalue weighted by Crippen LogP contribution is 2.28. The summed E-state index contributed by atoms with van der Waals surface area (Å²) in [6, 6.07) is 12.5. The highest BCUT2D eigenvalue weighted by atomic mass is 32.3. The predicted molar refractivity (Wildman–Crippen MR) is 80.5 cm³/mol. The number of aryl methyl sites for hydroxylation is 1. The van der Waals surface area contributed by atoms with Gasteiger partial charge in [-0.25, -0.2) is 8.42 Å². The van der Waals surface area contributed by atoms with Gasteiger partial charge in [0.2, 0.25) is 10.0 Å².